The van der Waals surface area contributed by atoms with Crippen molar-refractivity contribution in [1.82, 2.24) is 15.2 Å². The molecule has 23 heavy (non-hydrogen) atoms. The zero-order chi connectivity index (χ0) is 16.4. The Morgan fingerprint density at radius 2 is 2.09 bits per heavy atom. The molecule has 0 aromatic carbocycles. The minimum absolute atomic E-state index is 0.00269. The van der Waals surface area contributed by atoms with Gasteiger partial charge in [0.1, 0.15) is 0 Å². The Kier molecular flexibility index (Phi) is 4.54. The van der Waals surface area contributed by atoms with Crippen LogP contribution in [0.1, 0.15) is 25.7 Å². The first-order valence-corrected chi connectivity index (χ1v) is 9.80. The molecule has 2 unspecified atom stereocenters. The van der Waals surface area contributed by atoms with Crippen LogP contribution in [0.25, 0.3) is 0 Å². The Labute approximate surface area is 136 Å². The van der Waals surface area contributed by atoms with Gasteiger partial charge in [-0.3, -0.25) is 4.90 Å². The van der Waals surface area contributed by atoms with Gasteiger partial charge in [0.05, 0.1) is 11.9 Å². The molecule has 126 valence electrons. The fourth-order valence-electron chi connectivity index (χ4n) is 3.42. The molecule has 0 bridgehead atoms. The van der Waals surface area contributed by atoms with E-state index >= 15 is 0 Å². The van der Waals surface area contributed by atoms with Gasteiger partial charge in [0.25, 0.3) is 0 Å². The summed E-state index contributed by atoms with van der Waals surface area (Å²) in [6, 6.07) is 3.29. The molecule has 2 atom stereocenters. The molecular weight excluding hydrogens is 316 g/mol. The molecular formula is C15H22N4O3S. The number of amides is 2. The number of pyridine rings is 1. The summed E-state index contributed by atoms with van der Waals surface area (Å²) in [5, 5.41) is 5.75. The van der Waals surface area contributed by atoms with Crippen LogP contribution in [0.3, 0.4) is 0 Å². The third-order valence-electron chi connectivity index (χ3n) is 4.55. The number of hydrogen-bond acceptors (Lipinski definition) is 5. The van der Waals surface area contributed by atoms with Crippen LogP contribution in [0.5, 0.6) is 0 Å². The second-order valence-electron chi connectivity index (χ2n) is 6.25. The van der Waals surface area contributed by atoms with E-state index in [9.17, 15) is 13.2 Å². The lowest BCUT2D eigenvalue weighted by Gasteiger charge is -2.32. The first-order chi connectivity index (χ1) is 10.9. The molecule has 2 N–H and O–H groups in total. The first-order valence-electron chi connectivity index (χ1n) is 7.91. The summed E-state index contributed by atoms with van der Waals surface area (Å²) in [5.74, 6) is 0. The monoisotopic (exact) mass is 338 g/mol. The van der Waals surface area contributed by atoms with E-state index in [4.69, 9.17) is 0 Å². The minimum Gasteiger partial charge on any atom is -0.334 e. The van der Waals surface area contributed by atoms with E-state index in [0.29, 0.717) is 11.7 Å². The molecule has 2 fully saturated rings. The standard InChI is InChI=1S/C15H22N4O3S/c1-23(21,22)14-6-5-11(10-16-14)17-15(20)18-12-7-9-19-8-3-2-4-13(12)19/h5-6,10,12-13H,2-4,7-9H2,1H3,(H2,17,18,20). The average Bonchev–Trinajstić information content (AvgIpc) is 2.90. The van der Waals surface area contributed by atoms with E-state index in [1.54, 1.807) is 6.07 Å². The predicted molar refractivity (Wildman–Crippen MR) is 87.1 cm³/mol. The molecule has 1 aromatic heterocycles. The van der Waals surface area contributed by atoms with Crippen LogP contribution >= 0.6 is 0 Å². The highest BCUT2D eigenvalue weighted by Gasteiger charge is 2.36. The maximum atomic E-state index is 12.1. The van der Waals surface area contributed by atoms with Gasteiger partial charge in [-0.25, -0.2) is 18.2 Å². The predicted octanol–water partition coefficient (Wildman–Crippen LogP) is 1.23. The number of carbonyl (C=O) groups is 1. The quantitative estimate of drug-likeness (QED) is 0.865. The van der Waals surface area contributed by atoms with Crippen LogP contribution in [-0.4, -0.2) is 55.8 Å². The summed E-state index contributed by atoms with van der Waals surface area (Å²) in [6.45, 7) is 2.17. The second-order valence-corrected chi connectivity index (χ2v) is 8.21. The van der Waals surface area contributed by atoms with Crippen LogP contribution in [0, 0.1) is 0 Å². The summed E-state index contributed by atoms with van der Waals surface area (Å²) < 4.78 is 22.7. The average molecular weight is 338 g/mol. The fourth-order valence-corrected chi connectivity index (χ4v) is 3.98. The molecule has 0 spiro atoms. The van der Waals surface area contributed by atoms with E-state index in [2.05, 4.69) is 20.5 Å². The van der Waals surface area contributed by atoms with Gasteiger partial charge >= 0.3 is 6.03 Å². The first kappa shape index (κ1) is 16.2. The van der Waals surface area contributed by atoms with Gasteiger partial charge in [0, 0.05) is 24.9 Å². The van der Waals surface area contributed by atoms with Crippen LogP contribution < -0.4 is 10.6 Å². The molecule has 8 heteroatoms. The van der Waals surface area contributed by atoms with Gasteiger partial charge in [0.2, 0.25) is 0 Å². The molecule has 0 aliphatic carbocycles. The summed E-state index contributed by atoms with van der Waals surface area (Å²) >= 11 is 0. The van der Waals surface area contributed by atoms with Gasteiger partial charge in [-0.2, -0.15) is 0 Å². The van der Waals surface area contributed by atoms with Crippen molar-refractivity contribution >= 4 is 21.6 Å². The number of rotatable bonds is 3. The van der Waals surface area contributed by atoms with Crippen molar-refractivity contribution in [1.29, 1.82) is 0 Å². The Bertz CT molecular complexity index is 674. The van der Waals surface area contributed by atoms with Crippen LogP contribution in [0.15, 0.2) is 23.4 Å². The summed E-state index contributed by atoms with van der Waals surface area (Å²) in [7, 11) is -3.32. The molecule has 2 amide bonds. The van der Waals surface area contributed by atoms with Crippen LogP contribution in [-0.2, 0) is 9.84 Å². The van der Waals surface area contributed by atoms with E-state index < -0.39 is 9.84 Å². The molecule has 2 saturated heterocycles. The van der Waals surface area contributed by atoms with Crippen molar-refractivity contribution in [3.8, 4) is 0 Å². The SMILES string of the molecule is CS(=O)(=O)c1ccc(NC(=O)NC2CCN3CCCCC23)cn1. The van der Waals surface area contributed by atoms with Crippen molar-refractivity contribution in [2.45, 2.75) is 42.8 Å². The zero-order valence-electron chi connectivity index (χ0n) is 13.2. The normalized spacial score (nSPS) is 24.9. The summed E-state index contributed by atoms with van der Waals surface area (Å²) in [5.41, 5.74) is 0.480. The molecule has 0 saturated carbocycles. The zero-order valence-corrected chi connectivity index (χ0v) is 14.0. The molecule has 0 radical (unpaired) electrons. The van der Waals surface area contributed by atoms with Gasteiger partial charge in [-0.1, -0.05) is 6.42 Å². The number of nitrogens with zero attached hydrogens (tertiary/aromatic N) is 2. The maximum Gasteiger partial charge on any atom is 0.319 e. The number of hydrogen-bond donors (Lipinski definition) is 2. The minimum atomic E-state index is -3.32. The second kappa shape index (κ2) is 6.45. The van der Waals surface area contributed by atoms with Crippen molar-refractivity contribution < 1.29 is 13.2 Å². The summed E-state index contributed by atoms with van der Waals surface area (Å²) in [4.78, 5) is 18.5. The number of aromatic nitrogens is 1. The topological polar surface area (TPSA) is 91.4 Å². The number of piperidine rings is 1. The molecule has 2 aliphatic heterocycles. The van der Waals surface area contributed by atoms with E-state index in [1.165, 1.54) is 25.1 Å². The van der Waals surface area contributed by atoms with Gasteiger partial charge in [0.15, 0.2) is 14.9 Å². The summed E-state index contributed by atoms with van der Waals surface area (Å²) in [6.07, 6.45) is 7.03. The van der Waals surface area contributed by atoms with E-state index in [-0.39, 0.29) is 17.1 Å². The van der Waals surface area contributed by atoms with Crippen molar-refractivity contribution in [3.63, 3.8) is 0 Å². The number of urea groups is 1. The highest BCUT2D eigenvalue weighted by atomic mass is 32.2. The van der Waals surface area contributed by atoms with Crippen molar-refractivity contribution in [2.75, 3.05) is 24.7 Å². The van der Waals surface area contributed by atoms with Gasteiger partial charge in [-0.15, -0.1) is 0 Å². The number of anilines is 1. The Morgan fingerprint density at radius 1 is 1.26 bits per heavy atom. The third kappa shape index (κ3) is 3.81. The smallest absolute Gasteiger partial charge is 0.319 e. The number of nitrogens with one attached hydrogen (secondary N) is 2. The number of sulfone groups is 1. The Balaban J connectivity index is 1.57. The van der Waals surface area contributed by atoms with Crippen molar-refractivity contribution in [2.24, 2.45) is 0 Å². The highest BCUT2D eigenvalue weighted by Crippen LogP contribution is 2.27. The van der Waals surface area contributed by atoms with E-state index in [1.807, 2.05) is 0 Å². The lowest BCUT2D eigenvalue weighted by atomic mass is 9.99. The fraction of sp³-hybridized carbons (Fsp3) is 0.600. The van der Waals surface area contributed by atoms with Gasteiger partial charge in [-0.05, 0) is 37.9 Å². The van der Waals surface area contributed by atoms with E-state index in [0.717, 1.165) is 32.2 Å². The number of carbonyl (C=O) groups excluding carboxylic acids is 1. The number of fused-ring (bicyclic) bond motifs is 1. The van der Waals surface area contributed by atoms with Gasteiger partial charge < -0.3 is 10.6 Å². The Morgan fingerprint density at radius 3 is 2.78 bits per heavy atom. The lowest BCUT2D eigenvalue weighted by Crippen LogP contribution is -2.47. The lowest BCUT2D eigenvalue weighted by molar-refractivity contribution is 0.180. The molecule has 2 aliphatic rings. The molecule has 1 aromatic rings. The highest BCUT2D eigenvalue weighted by molar-refractivity contribution is 7.90. The van der Waals surface area contributed by atoms with Crippen LogP contribution in [0.2, 0.25) is 0 Å². The van der Waals surface area contributed by atoms with Crippen LogP contribution in [0.4, 0.5) is 10.5 Å². The van der Waals surface area contributed by atoms with Crippen molar-refractivity contribution in [3.05, 3.63) is 18.3 Å². The molecule has 3 rings (SSSR count). The molecule has 7 nitrogen and oxygen atoms in total. The largest absolute Gasteiger partial charge is 0.334 e. The Hall–Kier alpha value is -1.67. The maximum absolute atomic E-state index is 12.1. The third-order valence-corrected chi connectivity index (χ3v) is 5.55. The molecule has 3 heterocycles.